The van der Waals surface area contributed by atoms with Crippen LogP contribution >= 0.6 is 0 Å². The van der Waals surface area contributed by atoms with Crippen molar-refractivity contribution < 1.29 is 9.36 Å². The molecule has 0 saturated carbocycles. The first kappa shape index (κ1) is 13.2. The molecule has 3 aromatic rings. The zero-order chi connectivity index (χ0) is 14.7. The predicted molar refractivity (Wildman–Crippen MR) is 79.3 cm³/mol. The van der Waals surface area contributed by atoms with Crippen molar-refractivity contribution in [3.8, 4) is 5.69 Å². The Morgan fingerprint density at radius 1 is 1.05 bits per heavy atom. The normalized spacial score (nSPS) is 10.5. The predicted octanol–water partition coefficient (Wildman–Crippen LogP) is 2.35. The third-order valence-electron chi connectivity index (χ3n) is 3.45. The molecule has 21 heavy (non-hydrogen) atoms. The van der Waals surface area contributed by atoms with Crippen LogP contribution in [0.5, 0.6) is 0 Å². The molecule has 4 nitrogen and oxygen atoms in total. The maximum Gasteiger partial charge on any atom is 0.270 e. The van der Waals surface area contributed by atoms with Gasteiger partial charge in [0.2, 0.25) is 5.82 Å². The van der Waals surface area contributed by atoms with Gasteiger partial charge in [0.15, 0.2) is 12.3 Å². The number of benzene rings is 2. The molecule has 104 valence electrons. The van der Waals surface area contributed by atoms with Crippen LogP contribution in [0.4, 0.5) is 0 Å². The lowest BCUT2D eigenvalue weighted by Gasteiger charge is -2.00. The monoisotopic (exact) mass is 278 g/mol. The van der Waals surface area contributed by atoms with E-state index in [2.05, 4.69) is 5.10 Å². The molecule has 4 heteroatoms. The lowest BCUT2D eigenvalue weighted by atomic mass is 10.1. The molecule has 0 radical (unpaired) electrons. The van der Waals surface area contributed by atoms with Gasteiger partial charge in [0.1, 0.15) is 5.69 Å². The SMILES string of the molecule is Cc1n(CC(=O)c2ccccc2)nc[n+]1-c1ccccc1. The molecular weight excluding hydrogens is 262 g/mol. The fourth-order valence-corrected chi connectivity index (χ4v) is 2.25. The Hall–Kier alpha value is -2.75. The number of rotatable bonds is 4. The summed E-state index contributed by atoms with van der Waals surface area (Å²) in [6, 6.07) is 19.3. The standard InChI is InChI=1S/C17H16N3O/c1-14-19(16-10-6-3-7-11-16)13-18-20(14)12-17(21)15-8-4-2-5-9-15/h2-11,13H,12H2,1H3/q+1. The van der Waals surface area contributed by atoms with Gasteiger partial charge in [-0.25, -0.2) is 4.57 Å². The first-order valence-corrected chi connectivity index (χ1v) is 6.83. The summed E-state index contributed by atoms with van der Waals surface area (Å²) in [5.74, 6) is 0.979. The number of Topliss-reactive ketones (excluding diaryl/α,β-unsaturated/α-hetero) is 1. The van der Waals surface area contributed by atoms with E-state index in [1.54, 1.807) is 11.0 Å². The highest BCUT2D eigenvalue weighted by Crippen LogP contribution is 2.04. The molecule has 0 aliphatic heterocycles. The highest BCUT2D eigenvalue weighted by Gasteiger charge is 2.18. The second kappa shape index (κ2) is 5.71. The van der Waals surface area contributed by atoms with Crippen LogP contribution < -0.4 is 4.57 Å². The minimum Gasteiger partial charge on any atom is -0.290 e. The van der Waals surface area contributed by atoms with Crippen molar-refractivity contribution in [1.82, 2.24) is 9.78 Å². The Labute approximate surface area is 123 Å². The fourth-order valence-electron chi connectivity index (χ4n) is 2.25. The Kier molecular flexibility index (Phi) is 3.60. The van der Waals surface area contributed by atoms with Crippen LogP contribution in [0.25, 0.3) is 5.69 Å². The van der Waals surface area contributed by atoms with Crippen LogP contribution in [0.3, 0.4) is 0 Å². The number of hydrogen-bond donors (Lipinski definition) is 0. The molecule has 2 aromatic carbocycles. The van der Waals surface area contributed by atoms with Gasteiger partial charge < -0.3 is 0 Å². The Balaban J connectivity index is 1.85. The summed E-state index contributed by atoms with van der Waals surface area (Å²) in [6.45, 7) is 2.20. The van der Waals surface area contributed by atoms with E-state index in [1.165, 1.54) is 0 Å². The van der Waals surface area contributed by atoms with Gasteiger partial charge in [-0.3, -0.25) is 4.79 Å². The van der Waals surface area contributed by atoms with Crippen molar-refractivity contribution in [1.29, 1.82) is 0 Å². The van der Waals surface area contributed by atoms with Crippen LogP contribution in [-0.2, 0) is 6.54 Å². The topological polar surface area (TPSA) is 38.8 Å². The van der Waals surface area contributed by atoms with Crippen molar-refractivity contribution in [3.05, 3.63) is 78.4 Å². The summed E-state index contributed by atoms with van der Waals surface area (Å²) in [5, 5.41) is 4.32. The van der Waals surface area contributed by atoms with Crippen molar-refractivity contribution in [3.63, 3.8) is 0 Å². The number of aromatic nitrogens is 3. The smallest absolute Gasteiger partial charge is 0.270 e. The second-order valence-corrected chi connectivity index (χ2v) is 4.83. The zero-order valence-electron chi connectivity index (χ0n) is 11.8. The van der Waals surface area contributed by atoms with E-state index in [0.717, 1.165) is 11.5 Å². The number of carbonyl (C=O) groups excluding carboxylic acids is 1. The molecule has 0 spiro atoms. The lowest BCUT2D eigenvalue weighted by molar-refractivity contribution is -0.603. The van der Waals surface area contributed by atoms with Gasteiger partial charge in [0.05, 0.1) is 0 Å². The van der Waals surface area contributed by atoms with Crippen LogP contribution in [0, 0.1) is 6.92 Å². The first-order valence-electron chi connectivity index (χ1n) is 6.83. The number of hydrogen-bond acceptors (Lipinski definition) is 2. The minimum atomic E-state index is 0.0574. The first-order chi connectivity index (χ1) is 10.3. The molecule has 0 bridgehead atoms. The second-order valence-electron chi connectivity index (χ2n) is 4.83. The third-order valence-corrected chi connectivity index (χ3v) is 3.45. The number of carbonyl (C=O) groups is 1. The van der Waals surface area contributed by atoms with Gasteiger partial charge in [-0.1, -0.05) is 48.5 Å². The molecule has 0 saturated heterocycles. The van der Waals surface area contributed by atoms with E-state index < -0.39 is 0 Å². The molecule has 3 rings (SSSR count). The molecule has 1 aromatic heterocycles. The highest BCUT2D eigenvalue weighted by atomic mass is 16.1. The van der Waals surface area contributed by atoms with Gasteiger partial charge in [0, 0.05) is 17.6 Å². The molecule has 1 heterocycles. The van der Waals surface area contributed by atoms with Crippen LogP contribution in [0.2, 0.25) is 0 Å². The molecule has 0 fully saturated rings. The quantitative estimate of drug-likeness (QED) is 0.543. The number of ketones is 1. The fraction of sp³-hybridized carbons (Fsp3) is 0.118. The molecule has 0 aliphatic carbocycles. The Morgan fingerprint density at radius 2 is 1.67 bits per heavy atom. The van der Waals surface area contributed by atoms with Gasteiger partial charge >= 0.3 is 0 Å². The van der Waals surface area contributed by atoms with E-state index in [1.807, 2.05) is 72.2 Å². The van der Waals surface area contributed by atoms with Crippen molar-refractivity contribution in [2.45, 2.75) is 13.5 Å². The molecular formula is C17H16N3O+. The average Bonchev–Trinajstić information content (AvgIpc) is 2.90. The maximum absolute atomic E-state index is 12.2. The van der Waals surface area contributed by atoms with Gasteiger partial charge in [-0.2, -0.15) is 0 Å². The largest absolute Gasteiger partial charge is 0.290 e. The van der Waals surface area contributed by atoms with Gasteiger partial charge in [-0.15, -0.1) is 4.68 Å². The molecule has 0 amide bonds. The summed E-state index contributed by atoms with van der Waals surface area (Å²) < 4.78 is 3.70. The summed E-state index contributed by atoms with van der Waals surface area (Å²) >= 11 is 0. The number of para-hydroxylation sites is 1. The van der Waals surface area contributed by atoms with Gasteiger partial charge in [-0.05, 0) is 12.1 Å². The van der Waals surface area contributed by atoms with Crippen LogP contribution in [0.15, 0.2) is 67.0 Å². The molecule has 0 atom stereocenters. The summed E-state index contributed by atoms with van der Waals surface area (Å²) in [5.41, 5.74) is 1.74. The maximum atomic E-state index is 12.2. The third kappa shape index (κ3) is 2.74. The Morgan fingerprint density at radius 3 is 2.33 bits per heavy atom. The highest BCUT2D eigenvalue weighted by molar-refractivity contribution is 5.95. The van der Waals surface area contributed by atoms with E-state index >= 15 is 0 Å². The Bertz CT molecular complexity index is 748. The van der Waals surface area contributed by atoms with E-state index in [9.17, 15) is 4.79 Å². The minimum absolute atomic E-state index is 0.0574. The summed E-state index contributed by atoms with van der Waals surface area (Å²) in [4.78, 5) is 12.2. The summed E-state index contributed by atoms with van der Waals surface area (Å²) in [7, 11) is 0. The number of nitrogens with zero attached hydrogens (tertiary/aromatic N) is 3. The molecule has 0 unspecified atom stereocenters. The van der Waals surface area contributed by atoms with E-state index in [0.29, 0.717) is 5.56 Å². The van der Waals surface area contributed by atoms with E-state index in [-0.39, 0.29) is 12.3 Å². The van der Waals surface area contributed by atoms with E-state index in [4.69, 9.17) is 0 Å². The van der Waals surface area contributed by atoms with Crippen molar-refractivity contribution in [2.24, 2.45) is 0 Å². The summed E-state index contributed by atoms with van der Waals surface area (Å²) in [6.07, 6.45) is 1.74. The average molecular weight is 278 g/mol. The van der Waals surface area contributed by atoms with Crippen LogP contribution in [-0.4, -0.2) is 15.6 Å². The van der Waals surface area contributed by atoms with Crippen molar-refractivity contribution >= 4 is 5.78 Å². The van der Waals surface area contributed by atoms with Crippen molar-refractivity contribution in [2.75, 3.05) is 0 Å². The van der Waals surface area contributed by atoms with Crippen LogP contribution in [0.1, 0.15) is 16.2 Å². The zero-order valence-corrected chi connectivity index (χ0v) is 11.8. The molecule has 0 N–H and O–H groups in total. The lowest BCUT2D eigenvalue weighted by Crippen LogP contribution is -2.32. The van der Waals surface area contributed by atoms with Gasteiger partial charge in [0.25, 0.3) is 6.33 Å². The molecule has 0 aliphatic rings.